The lowest BCUT2D eigenvalue weighted by Gasteiger charge is -2.18. The molecule has 1 rings (SSSR count). The lowest BCUT2D eigenvalue weighted by atomic mass is 10.2. The van der Waals surface area contributed by atoms with Gasteiger partial charge in [0.15, 0.2) is 0 Å². The molecular formula is C10H17NO2S3. The van der Waals surface area contributed by atoms with E-state index in [1.165, 1.54) is 11.1 Å². The summed E-state index contributed by atoms with van der Waals surface area (Å²) in [6.07, 6.45) is 1.26. The molecule has 0 saturated heterocycles. The van der Waals surface area contributed by atoms with Gasteiger partial charge >= 0.3 is 0 Å². The number of sulfone groups is 1. The number of hydrogen-bond donors (Lipinski definition) is 1. The highest BCUT2D eigenvalue weighted by molar-refractivity contribution is 8.01. The van der Waals surface area contributed by atoms with E-state index in [0.29, 0.717) is 5.75 Å². The maximum Gasteiger partial charge on any atom is 0.148 e. The maximum absolute atomic E-state index is 11.0. The predicted octanol–water partition coefficient (Wildman–Crippen LogP) is 1.91. The van der Waals surface area contributed by atoms with Gasteiger partial charge in [-0.2, -0.15) is 11.8 Å². The molecule has 1 aromatic rings. The molecule has 2 N–H and O–H groups in total. The summed E-state index contributed by atoms with van der Waals surface area (Å²) in [4.78, 5) is 1.22. The fourth-order valence-electron chi connectivity index (χ4n) is 1.27. The van der Waals surface area contributed by atoms with Gasteiger partial charge in [-0.15, -0.1) is 11.3 Å². The van der Waals surface area contributed by atoms with E-state index < -0.39 is 9.84 Å². The lowest BCUT2D eigenvalue weighted by molar-refractivity contribution is 0.603. The minimum absolute atomic E-state index is 0.0308. The number of hydrogen-bond acceptors (Lipinski definition) is 5. The third-order valence-corrected chi connectivity index (χ3v) is 5.84. The Labute approximate surface area is 105 Å². The van der Waals surface area contributed by atoms with Crippen LogP contribution in [0.2, 0.25) is 0 Å². The number of nitrogens with two attached hydrogens (primary N) is 1. The molecule has 1 aromatic heterocycles. The zero-order valence-electron chi connectivity index (χ0n) is 9.42. The zero-order valence-corrected chi connectivity index (χ0v) is 11.9. The van der Waals surface area contributed by atoms with Gasteiger partial charge < -0.3 is 5.73 Å². The molecule has 0 saturated carbocycles. The van der Waals surface area contributed by atoms with E-state index in [1.807, 2.05) is 24.4 Å². The average molecular weight is 279 g/mol. The van der Waals surface area contributed by atoms with E-state index in [0.717, 1.165) is 0 Å². The summed E-state index contributed by atoms with van der Waals surface area (Å²) in [6.45, 7) is 1.96. The molecule has 3 nitrogen and oxygen atoms in total. The van der Waals surface area contributed by atoms with E-state index in [4.69, 9.17) is 5.73 Å². The zero-order chi connectivity index (χ0) is 12.2. The van der Waals surface area contributed by atoms with Gasteiger partial charge in [-0.3, -0.25) is 0 Å². The molecule has 0 aliphatic rings. The van der Waals surface area contributed by atoms with Crippen LogP contribution in [0.3, 0.4) is 0 Å². The van der Waals surface area contributed by atoms with Crippen LogP contribution in [0.4, 0.5) is 0 Å². The van der Waals surface area contributed by atoms with Gasteiger partial charge in [0.2, 0.25) is 0 Å². The summed E-state index contributed by atoms with van der Waals surface area (Å²) in [5.74, 6) is 0.815. The first-order valence-electron chi connectivity index (χ1n) is 4.98. The Morgan fingerprint density at radius 3 is 2.69 bits per heavy atom. The molecule has 0 aliphatic heterocycles. The average Bonchev–Trinajstić information content (AvgIpc) is 2.62. The second-order valence-electron chi connectivity index (χ2n) is 3.80. The topological polar surface area (TPSA) is 60.2 Å². The third kappa shape index (κ3) is 4.86. The number of rotatable bonds is 6. The van der Waals surface area contributed by atoms with Crippen molar-refractivity contribution in [1.29, 1.82) is 0 Å². The van der Waals surface area contributed by atoms with Gasteiger partial charge in [-0.05, 0) is 18.4 Å². The summed E-state index contributed by atoms with van der Waals surface area (Å²) in [7, 11) is -2.87. The third-order valence-electron chi connectivity index (χ3n) is 2.05. The van der Waals surface area contributed by atoms with Crippen LogP contribution in [0, 0.1) is 0 Å². The van der Waals surface area contributed by atoms with Crippen molar-refractivity contribution < 1.29 is 8.42 Å². The van der Waals surface area contributed by atoms with Gasteiger partial charge in [0.05, 0.1) is 11.0 Å². The van der Waals surface area contributed by atoms with E-state index in [9.17, 15) is 8.42 Å². The van der Waals surface area contributed by atoms with Crippen LogP contribution in [0.15, 0.2) is 17.5 Å². The number of thioether (sulfide) groups is 1. The van der Waals surface area contributed by atoms with Gasteiger partial charge in [0.1, 0.15) is 9.84 Å². The summed E-state index contributed by atoms with van der Waals surface area (Å²) < 4.78 is 22.1. The van der Waals surface area contributed by atoms with Crippen molar-refractivity contribution in [3.63, 3.8) is 0 Å². The maximum atomic E-state index is 11.0. The standard InChI is InChI=1S/C10H17NO2S3/c1-8(11)10(9-4-3-5-14-9)15-6-7-16(2,12)13/h3-5,8,10H,6-7,11H2,1-2H3. The first-order chi connectivity index (χ1) is 7.40. The summed E-state index contributed by atoms with van der Waals surface area (Å²) in [5, 5.41) is 2.21. The van der Waals surface area contributed by atoms with Crippen molar-refractivity contribution in [2.24, 2.45) is 5.73 Å². The van der Waals surface area contributed by atoms with Crippen molar-refractivity contribution in [2.45, 2.75) is 18.2 Å². The normalized spacial score (nSPS) is 15.9. The van der Waals surface area contributed by atoms with Gasteiger partial charge in [0, 0.05) is 22.9 Å². The Balaban J connectivity index is 2.54. The van der Waals surface area contributed by atoms with Crippen LogP contribution >= 0.6 is 23.1 Å². The first kappa shape index (κ1) is 14.0. The largest absolute Gasteiger partial charge is 0.327 e. The molecule has 0 bridgehead atoms. The molecule has 1 heterocycles. The molecule has 0 spiro atoms. The van der Waals surface area contributed by atoms with Crippen molar-refractivity contribution in [1.82, 2.24) is 0 Å². The van der Waals surface area contributed by atoms with Gasteiger partial charge in [-0.25, -0.2) is 8.42 Å². The van der Waals surface area contributed by atoms with Crippen LogP contribution in [0.25, 0.3) is 0 Å². The van der Waals surface area contributed by atoms with Crippen LogP contribution in [0.5, 0.6) is 0 Å². The summed E-state index contributed by atoms with van der Waals surface area (Å²) in [5.41, 5.74) is 5.91. The highest BCUT2D eigenvalue weighted by atomic mass is 32.2. The van der Waals surface area contributed by atoms with Crippen molar-refractivity contribution in [2.75, 3.05) is 17.8 Å². The molecule has 0 fully saturated rings. The summed E-state index contributed by atoms with van der Waals surface area (Å²) in [6, 6.07) is 4.07. The van der Waals surface area contributed by atoms with E-state index >= 15 is 0 Å². The Hall–Kier alpha value is -0.0400. The molecule has 2 atom stereocenters. The second kappa shape index (κ2) is 6.05. The highest BCUT2D eigenvalue weighted by Gasteiger charge is 2.18. The van der Waals surface area contributed by atoms with Crippen LogP contribution in [-0.4, -0.2) is 32.2 Å². The monoisotopic (exact) mass is 279 g/mol. The molecule has 92 valence electrons. The van der Waals surface area contributed by atoms with Crippen LogP contribution in [-0.2, 0) is 9.84 Å². The van der Waals surface area contributed by atoms with E-state index in [2.05, 4.69) is 0 Å². The Kier molecular flexibility index (Phi) is 5.30. The fraction of sp³-hybridized carbons (Fsp3) is 0.600. The Morgan fingerprint density at radius 1 is 1.56 bits per heavy atom. The fourth-order valence-corrected chi connectivity index (χ4v) is 4.86. The molecule has 0 aromatic carbocycles. The van der Waals surface area contributed by atoms with Gasteiger partial charge in [-0.1, -0.05) is 6.07 Å². The highest BCUT2D eigenvalue weighted by Crippen LogP contribution is 2.34. The lowest BCUT2D eigenvalue weighted by Crippen LogP contribution is -2.23. The Bertz CT molecular complexity index is 398. The first-order valence-corrected chi connectivity index (χ1v) is 8.97. The van der Waals surface area contributed by atoms with Gasteiger partial charge in [0.25, 0.3) is 0 Å². The van der Waals surface area contributed by atoms with E-state index in [1.54, 1.807) is 23.1 Å². The molecule has 0 aliphatic carbocycles. The molecule has 0 amide bonds. The minimum Gasteiger partial charge on any atom is -0.327 e. The molecule has 16 heavy (non-hydrogen) atoms. The summed E-state index contributed by atoms with van der Waals surface area (Å²) >= 11 is 3.29. The van der Waals surface area contributed by atoms with E-state index in [-0.39, 0.29) is 17.0 Å². The van der Waals surface area contributed by atoms with Crippen molar-refractivity contribution >= 4 is 32.9 Å². The molecule has 6 heteroatoms. The van der Waals surface area contributed by atoms with Crippen LogP contribution in [0.1, 0.15) is 17.1 Å². The number of thiophene rings is 1. The molecular weight excluding hydrogens is 262 g/mol. The SMILES string of the molecule is CC(N)C(SCCS(C)(=O)=O)c1cccs1. The smallest absolute Gasteiger partial charge is 0.148 e. The molecule has 0 radical (unpaired) electrons. The second-order valence-corrected chi connectivity index (χ2v) is 8.28. The van der Waals surface area contributed by atoms with Crippen molar-refractivity contribution in [3.8, 4) is 0 Å². The quantitative estimate of drug-likeness (QED) is 0.864. The molecule has 2 unspecified atom stereocenters. The van der Waals surface area contributed by atoms with Crippen molar-refractivity contribution in [3.05, 3.63) is 22.4 Å². The van der Waals surface area contributed by atoms with Crippen LogP contribution < -0.4 is 5.73 Å². The predicted molar refractivity (Wildman–Crippen MR) is 72.9 cm³/mol. The minimum atomic E-state index is -2.87. The Morgan fingerprint density at radius 2 is 2.25 bits per heavy atom.